The SMILES string of the molecule is COCCOc1nnc(-c2cc(Cl)ccc2F)cc1NCc1ccc(OC)cc1OC. The minimum Gasteiger partial charge on any atom is -0.497 e. The van der Waals surface area contributed by atoms with Crippen molar-refractivity contribution in [1.29, 1.82) is 0 Å². The molecule has 7 nitrogen and oxygen atoms in total. The highest BCUT2D eigenvalue weighted by Crippen LogP contribution is 2.31. The summed E-state index contributed by atoms with van der Waals surface area (Å²) in [5, 5.41) is 11.9. The van der Waals surface area contributed by atoms with Crippen LogP contribution >= 0.6 is 11.6 Å². The number of halogens is 2. The van der Waals surface area contributed by atoms with E-state index in [4.69, 9.17) is 30.5 Å². The van der Waals surface area contributed by atoms with Gasteiger partial charge >= 0.3 is 0 Å². The Morgan fingerprint density at radius 3 is 2.55 bits per heavy atom. The van der Waals surface area contributed by atoms with Crippen LogP contribution in [-0.2, 0) is 11.3 Å². The summed E-state index contributed by atoms with van der Waals surface area (Å²) >= 11 is 6.03. The van der Waals surface area contributed by atoms with Crippen molar-refractivity contribution in [3.8, 4) is 28.6 Å². The Bertz CT molecular complexity index is 1040. The fraction of sp³-hybridized carbons (Fsp3) is 0.273. The van der Waals surface area contributed by atoms with Crippen LogP contribution in [0.5, 0.6) is 17.4 Å². The first kappa shape index (κ1) is 22.6. The van der Waals surface area contributed by atoms with Crippen molar-refractivity contribution < 1.29 is 23.3 Å². The van der Waals surface area contributed by atoms with Crippen LogP contribution in [0.1, 0.15) is 5.56 Å². The fourth-order valence-electron chi connectivity index (χ4n) is 2.85. The van der Waals surface area contributed by atoms with Crippen LogP contribution in [0.3, 0.4) is 0 Å². The van der Waals surface area contributed by atoms with Crippen LogP contribution < -0.4 is 19.5 Å². The van der Waals surface area contributed by atoms with E-state index in [1.54, 1.807) is 33.5 Å². The van der Waals surface area contributed by atoms with Gasteiger partial charge in [-0.25, -0.2) is 4.39 Å². The Hall–Kier alpha value is -3.10. The van der Waals surface area contributed by atoms with E-state index in [-0.39, 0.29) is 18.1 Å². The molecular formula is C22H23ClFN3O4. The van der Waals surface area contributed by atoms with Gasteiger partial charge in [0.2, 0.25) is 0 Å². The highest BCUT2D eigenvalue weighted by molar-refractivity contribution is 6.30. The third-order valence-corrected chi connectivity index (χ3v) is 4.69. The zero-order valence-electron chi connectivity index (χ0n) is 17.4. The van der Waals surface area contributed by atoms with Crippen LogP contribution in [0.2, 0.25) is 5.02 Å². The van der Waals surface area contributed by atoms with E-state index in [0.717, 1.165) is 5.56 Å². The van der Waals surface area contributed by atoms with Gasteiger partial charge in [0, 0.05) is 35.9 Å². The topological polar surface area (TPSA) is 74.7 Å². The van der Waals surface area contributed by atoms with Gasteiger partial charge in [-0.15, -0.1) is 10.2 Å². The second kappa shape index (κ2) is 10.8. The molecular weight excluding hydrogens is 425 g/mol. The Morgan fingerprint density at radius 2 is 1.81 bits per heavy atom. The zero-order valence-corrected chi connectivity index (χ0v) is 18.2. The molecule has 0 saturated carbocycles. The van der Waals surface area contributed by atoms with E-state index >= 15 is 0 Å². The summed E-state index contributed by atoms with van der Waals surface area (Å²) in [6, 6.07) is 11.5. The molecule has 1 heterocycles. The quantitative estimate of drug-likeness (QED) is 0.455. The smallest absolute Gasteiger partial charge is 0.257 e. The molecule has 0 atom stereocenters. The van der Waals surface area contributed by atoms with Gasteiger partial charge in [-0.2, -0.15) is 0 Å². The molecule has 1 aromatic heterocycles. The van der Waals surface area contributed by atoms with Gasteiger partial charge in [-0.3, -0.25) is 0 Å². The number of aromatic nitrogens is 2. The molecule has 1 N–H and O–H groups in total. The van der Waals surface area contributed by atoms with Crippen molar-refractivity contribution in [2.45, 2.75) is 6.54 Å². The summed E-state index contributed by atoms with van der Waals surface area (Å²) in [5.41, 5.74) is 1.99. The molecule has 0 saturated heterocycles. The van der Waals surface area contributed by atoms with Gasteiger partial charge in [-0.05, 0) is 36.4 Å². The van der Waals surface area contributed by atoms with Crippen molar-refractivity contribution in [2.24, 2.45) is 0 Å². The average molecular weight is 448 g/mol. The van der Waals surface area contributed by atoms with Gasteiger partial charge in [0.1, 0.15) is 29.6 Å². The summed E-state index contributed by atoms with van der Waals surface area (Å²) in [4.78, 5) is 0. The van der Waals surface area contributed by atoms with Crippen LogP contribution in [-0.4, -0.2) is 44.7 Å². The Kier molecular flexibility index (Phi) is 7.86. The van der Waals surface area contributed by atoms with Crippen molar-refractivity contribution in [3.63, 3.8) is 0 Å². The standard InChI is InChI=1S/C22H23ClFN3O4/c1-28-8-9-31-22-20(25-13-14-4-6-16(29-2)11-21(14)30-3)12-19(26-27-22)17-10-15(23)5-7-18(17)24/h4-7,10-12H,8-9,13H2,1-3H3,(H,25,26). The minimum absolute atomic E-state index is 0.244. The lowest BCUT2D eigenvalue weighted by Gasteiger charge is -2.15. The Labute approximate surface area is 185 Å². The van der Waals surface area contributed by atoms with E-state index < -0.39 is 5.82 Å². The number of nitrogens with one attached hydrogen (secondary N) is 1. The van der Waals surface area contributed by atoms with Gasteiger partial charge in [-0.1, -0.05) is 11.6 Å². The summed E-state index contributed by atoms with van der Waals surface area (Å²) in [6.07, 6.45) is 0. The number of benzene rings is 2. The molecule has 0 aliphatic rings. The molecule has 3 aromatic rings. The molecule has 3 rings (SSSR count). The van der Waals surface area contributed by atoms with E-state index in [1.165, 1.54) is 18.2 Å². The third kappa shape index (κ3) is 5.74. The maximum Gasteiger partial charge on any atom is 0.257 e. The molecule has 0 aliphatic heterocycles. The molecule has 0 unspecified atom stereocenters. The number of methoxy groups -OCH3 is 3. The lowest BCUT2D eigenvalue weighted by molar-refractivity contribution is 0.143. The lowest BCUT2D eigenvalue weighted by Crippen LogP contribution is -2.10. The third-order valence-electron chi connectivity index (χ3n) is 4.45. The van der Waals surface area contributed by atoms with Gasteiger partial charge < -0.3 is 24.3 Å². The van der Waals surface area contributed by atoms with Crippen LogP contribution in [0.15, 0.2) is 42.5 Å². The number of ether oxygens (including phenoxy) is 4. The molecule has 2 aromatic carbocycles. The number of hydrogen-bond donors (Lipinski definition) is 1. The summed E-state index contributed by atoms with van der Waals surface area (Å²) in [6.45, 7) is 1.08. The highest BCUT2D eigenvalue weighted by Gasteiger charge is 2.14. The average Bonchev–Trinajstić information content (AvgIpc) is 2.79. The summed E-state index contributed by atoms with van der Waals surface area (Å²) in [5.74, 6) is 1.18. The molecule has 164 valence electrons. The maximum absolute atomic E-state index is 14.3. The van der Waals surface area contributed by atoms with Gasteiger partial charge in [0.25, 0.3) is 5.88 Å². The second-order valence-electron chi connectivity index (χ2n) is 6.45. The summed E-state index contributed by atoms with van der Waals surface area (Å²) < 4.78 is 35.7. The Morgan fingerprint density at radius 1 is 0.968 bits per heavy atom. The van der Waals surface area contributed by atoms with Crippen LogP contribution in [0.4, 0.5) is 10.1 Å². The molecule has 0 spiro atoms. The first-order valence-corrected chi connectivity index (χ1v) is 9.83. The van der Waals surface area contributed by atoms with Crippen molar-refractivity contribution in [1.82, 2.24) is 10.2 Å². The number of rotatable bonds is 10. The van der Waals surface area contributed by atoms with Gasteiger partial charge in [0.15, 0.2) is 0 Å². The molecule has 0 fully saturated rings. The van der Waals surface area contributed by atoms with Crippen molar-refractivity contribution >= 4 is 17.3 Å². The van der Waals surface area contributed by atoms with Crippen LogP contribution in [0.25, 0.3) is 11.3 Å². The zero-order chi connectivity index (χ0) is 22.2. The van der Waals surface area contributed by atoms with Crippen LogP contribution in [0, 0.1) is 5.82 Å². The lowest BCUT2D eigenvalue weighted by atomic mass is 10.1. The largest absolute Gasteiger partial charge is 0.497 e. The molecule has 0 amide bonds. The number of anilines is 1. The van der Waals surface area contributed by atoms with Crippen molar-refractivity contribution in [2.75, 3.05) is 39.9 Å². The fourth-order valence-corrected chi connectivity index (χ4v) is 3.02. The second-order valence-corrected chi connectivity index (χ2v) is 6.88. The van der Waals surface area contributed by atoms with Gasteiger partial charge in [0.05, 0.1) is 26.5 Å². The number of hydrogen-bond acceptors (Lipinski definition) is 7. The first-order valence-electron chi connectivity index (χ1n) is 9.45. The van der Waals surface area contributed by atoms with E-state index in [9.17, 15) is 4.39 Å². The highest BCUT2D eigenvalue weighted by atomic mass is 35.5. The monoisotopic (exact) mass is 447 g/mol. The van der Waals surface area contributed by atoms with Crippen molar-refractivity contribution in [3.05, 3.63) is 58.9 Å². The molecule has 31 heavy (non-hydrogen) atoms. The minimum atomic E-state index is -0.450. The Balaban J connectivity index is 1.91. The number of nitrogens with zero attached hydrogens (tertiary/aromatic N) is 2. The van der Waals surface area contributed by atoms with E-state index in [1.807, 2.05) is 12.1 Å². The molecule has 0 bridgehead atoms. The maximum atomic E-state index is 14.3. The van der Waals surface area contributed by atoms with E-state index in [2.05, 4.69) is 15.5 Å². The summed E-state index contributed by atoms with van der Waals surface area (Å²) in [7, 11) is 4.76. The predicted molar refractivity (Wildman–Crippen MR) is 117 cm³/mol. The molecule has 0 radical (unpaired) electrons. The normalized spacial score (nSPS) is 10.6. The van der Waals surface area contributed by atoms with E-state index in [0.29, 0.717) is 41.1 Å². The first-order chi connectivity index (χ1) is 15.0. The molecule has 0 aliphatic carbocycles. The molecule has 9 heteroatoms. The predicted octanol–water partition coefficient (Wildman–Crippen LogP) is 4.59.